The highest BCUT2D eigenvalue weighted by molar-refractivity contribution is 5.95. The van der Waals surface area contributed by atoms with Crippen molar-refractivity contribution in [3.63, 3.8) is 0 Å². The second kappa shape index (κ2) is 8.75. The summed E-state index contributed by atoms with van der Waals surface area (Å²) < 4.78 is 15.8. The molecule has 0 aliphatic carbocycles. The molecule has 134 valence electrons. The Morgan fingerprint density at radius 2 is 1.62 bits per heavy atom. The summed E-state index contributed by atoms with van der Waals surface area (Å²) in [7, 11) is 6.73. The summed E-state index contributed by atoms with van der Waals surface area (Å²) in [6, 6.07) is 3.32. The average molecular weight is 337 g/mol. The van der Waals surface area contributed by atoms with Gasteiger partial charge < -0.3 is 24.4 Å². The van der Waals surface area contributed by atoms with Crippen molar-refractivity contribution in [2.75, 3.05) is 67.6 Å². The number of rotatable bonds is 7. The van der Waals surface area contributed by atoms with E-state index in [9.17, 15) is 4.79 Å². The molecule has 7 nitrogen and oxygen atoms in total. The minimum Gasteiger partial charge on any atom is -0.493 e. The second-order valence-electron chi connectivity index (χ2n) is 5.81. The van der Waals surface area contributed by atoms with Gasteiger partial charge in [0.2, 0.25) is 5.75 Å². The third kappa shape index (κ3) is 4.52. The number of hydrogen-bond acceptors (Lipinski definition) is 6. The molecule has 24 heavy (non-hydrogen) atoms. The first-order valence-electron chi connectivity index (χ1n) is 8.08. The number of nitrogens with one attached hydrogen (secondary N) is 1. The molecule has 0 bridgehead atoms. The summed E-state index contributed by atoms with van der Waals surface area (Å²) in [4.78, 5) is 17.1. The van der Waals surface area contributed by atoms with Crippen LogP contribution in [-0.2, 0) is 0 Å². The van der Waals surface area contributed by atoms with Crippen LogP contribution in [0.2, 0.25) is 0 Å². The van der Waals surface area contributed by atoms with Crippen LogP contribution < -0.4 is 19.5 Å². The fraction of sp³-hybridized carbons (Fsp3) is 0.588. The lowest BCUT2D eigenvalue weighted by molar-refractivity contribution is 0.0940. The van der Waals surface area contributed by atoms with Gasteiger partial charge in [-0.05, 0) is 19.2 Å². The summed E-state index contributed by atoms with van der Waals surface area (Å²) in [6.45, 7) is 5.68. The molecular formula is C17H27N3O4. The van der Waals surface area contributed by atoms with Gasteiger partial charge in [-0.1, -0.05) is 0 Å². The summed E-state index contributed by atoms with van der Waals surface area (Å²) in [5.41, 5.74) is 0.489. The van der Waals surface area contributed by atoms with Crippen molar-refractivity contribution >= 4 is 5.91 Å². The lowest BCUT2D eigenvalue weighted by Crippen LogP contribution is -2.46. The van der Waals surface area contributed by atoms with E-state index in [4.69, 9.17) is 14.2 Å². The maximum absolute atomic E-state index is 12.4. The molecule has 1 heterocycles. The SMILES string of the molecule is COc1cc(C(=O)NCCN2CCN(C)CC2)cc(OC)c1OC. The van der Waals surface area contributed by atoms with Gasteiger partial charge in [0.1, 0.15) is 0 Å². The van der Waals surface area contributed by atoms with Gasteiger partial charge in [0.05, 0.1) is 21.3 Å². The predicted molar refractivity (Wildman–Crippen MR) is 92.4 cm³/mol. The zero-order valence-corrected chi connectivity index (χ0v) is 14.9. The van der Waals surface area contributed by atoms with Crippen LogP contribution in [0.5, 0.6) is 17.2 Å². The molecule has 1 aliphatic rings. The molecule has 0 aromatic heterocycles. The molecule has 0 spiro atoms. The van der Waals surface area contributed by atoms with Crippen molar-refractivity contribution in [3.8, 4) is 17.2 Å². The van der Waals surface area contributed by atoms with Gasteiger partial charge in [-0.15, -0.1) is 0 Å². The van der Waals surface area contributed by atoms with Crippen LogP contribution in [0, 0.1) is 0 Å². The fourth-order valence-electron chi connectivity index (χ4n) is 2.71. The van der Waals surface area contributed by atoms with E-state index in [1.54, 1.807) is 12.1 Å². The molecule has 1 fully saturated rings. The second-order valence-corrected chi connectivity index (χ2v) is 5.81. The largest absolute Gasteiger partial charge is 0.493 e. The van der Waals surface area contributed by atoms with Crippen molar-refractivity contribution in [1.82, 2.24) is 15.1 Å². The molecule has 1 saturated heterocycles. The first kappa shape index (κ1) is 18.4. The Kier molecular flexibility index (Phi) is 6.69. The fourth-order valence-corrected chi connectivity index (χ4v) is 2.71. The third-order valence-electron chi connectivity index (χ3n) is 4.24. The van der Waals surface area contributed by atoms with E-state index in [2.05, 4.69) is 22.2 Å². The van der Waals surface area contributed by atoms with Gasteiger partial charge in [0, 0.05) is 44.8 Å². The molecule has 1 aromatic carbocycles. The van der Waals surface area contributed by atoms with E-state index < -0.39 is 0 Å². The molecule has 0 radical (unpaired) electrons. The highest BCUT2D eigenvalue weighted by atomic mass is 16.5. The quantitative estimate of drug-likeness (QED) is 0.790. The highest BCUT2D eigenvalue weighted by Crippen LogP contribution is 2.38. The van der Waals surface area contributed by atoms with Crippen molar-refractivity contribution in [2.45, 2.75) is 0 Å². The van der Waals surface area contributed by atoms with E-state index in [1.807, 2.05) is 0 Å². The van der Waals surface area contributed by atoms with Crippen molar-refractivity contribution in [1.29, 1.82) is 0 Å². The lowest BCUT2D eigenvalue weighted by atomic mass is 10.1. The number of piperazine rings is 1. The number of carbonyl (C=O) groups is 1. The summed E-state index contributed by atoms with van der Waals surface area (Å²) in [5.74, 6) is 1.28. The number of nitrogens with zero attached hydrogens (tertiary/aromatic N) is 2. The lowest BCUT2D eigenvalue weighted by Gasteiger charge is -2.32. The average Bonchev–Trinajstić information content (AvgIpc) is 2.61. The number of hydrogen-bond donors (Lipinski definition) is 1. The van der Waals surface area contributed by atoms with Crippen LogP contribution in [0.25, 0.3) is 0 Å². The van der Waals surface area contributed by atoms with Gasteiger partial charge in [0.25, 0.3) is 5.91 Å². The summed E-state index contributed by atoms with van der Waals surface area (Å²) in [6.07, 6.45) is 0. The van der Waals surface area contributed by atoms with E-state index >= 15 is 0 Å². The van der Waals surface area contributed by atoms with Crippen LogP contribution in [0.15, 0.2) is 12.1 Å². The van der Waals surface area contributed by atoms with E-state index in [1.165, 1.54) is 21.3 Å². The molecule has 7 heteroatoms. The number of methoxy groups -OCH3 is 3. The molecule has 2 rings (SSSR count). The number of carbonyl (C=O) groups excluding carboxylic acids is 1. The first-order chi connectivity index (χ1) is 11.6. The number of likely N-dealkylation sites (N-methyl/N-ethyl adjacent to an activating group) is 1. The number of ether oxygens (including phenoxy) is 3. The molecule has 1 aliphatic heterocycles. The molecule has 0 unspecified atom stereocenters. The zero-order valence-electron chi connectivity index (χ0n) is 14.9. The minimum atomic E-state index is -0.150. The van der Waals surface area contributed by atoms with Gasteiger partial charge >= 0.3 is 0 Å². The Bertz CT molecular complexity index is 532. The number of amides is 1. The first-order valence-corrected chi connectivity index (χ1v) is 8.08. The standard InChI is InChI=1S/C17H27N3O4/c1-19-7-9-20(10-8-19)6-5-18-17(21)13-11-14(22-2)16(24-4)15(12-13)23-3/h11-12H,5-10H2,1-4H3,(H,18,21). The monoisotopic (exact) mass is 337 g/mol. The van der Waals surface area contributed by atoms with Crippen LogP contribution in [0.1, 0.15) is 10.4 Å². The topological polar surface area (TPSA) is 63.3 Å². The van der Waals surface area contributed by atoms with E-state index in [0.29, 0.717) is 29.4 Å². The highest BCUT2D eigenvalue weighted by Gasteiger charge is 2.17. The smallest absolute Gasteiger partial charge is 0.251 e. The third-order valence-corrected chi connectivity index (χ3v) is 4.24. The van der Waals surface area contributed by atoms with Gasteiger partial charge in [-0.2, -0.15) is 0 Å². The Balaban J connectivity index is 1.94. The van der Waals surface area contributed by atoms with Gasteiger partial charge in [-0.25, -0.2) is 0 Å². The van der Waals surface area contributed by atoms with Crippen LogP contribution in [-0.4, -0.2) is 83.4 Å². The molecular weight excluding hydrogens is 310 g/mol. The molecule has 0 atom stereocenters. The Morgan fingerprint density at radius 3 is 2.12 bits per heavy atom. The Labute approximate surface area is 143 Å². The Morgan fingerprint density at radius 1 is 1.04 bits per heavy atom. The van der Waals surface area contributed by atoms with Crippen LogP contribution >= 0.6 is 0 Å². The van der Waals surface area contributed by atoms with Crippen molar-refractivity contribution in [3.05, 3.63) is 17.7 Å². The van der Waals surface area contributed by atoms with E-state index in [-0.39, 0.29) is 5.91 Å². The molecule has 0 saturated carbocycles. The molecule has 1 amide bonds. The molecule has 1 aromatic rings. The van der Waals surface area contributed by atoms with Gasteiger partial charge in [0.15, 0.2) is 11.5 Å². The van der Waals surface area contributed by atoms with E-state index in [0.717, 1.165) is 32.7 Å². The van der Waals surface area contributed by atoms with Crippen molar-refractivity contribution in [2.24, 2.45) is 0 Å². The normalized spacial score (nSPS) is 15.8. The Hall–Kier alpha value is -1.99. The summed E-state index contributed by atoms with van der Waals surface area (Å²) in [5, 5.41) is 2.95. The minimum absolute atomic E-state index is 0.150. The van der Waals surface area contributed by atoms with Gasteiger partial charge in [-0.3, -0.25) is 9.69 Å². The maximum atomic E-state index is 12.4. The molecule has 1 N–H and O–H groups in total. The van der Waals surface area contributed by atoms with Crippen LogP contribution in [0.3, 0.4) is 0 Å². The predicted octanol–water partition coefficient (Wildman–Crippen LogP) is 0.690. The zero-order chi connectivity index (χ0) is 17.5. The van der Waals surface area contributed by atoms with Crippen molar-refractivity contribution < 1.29 is 19.0 Å². The van der Waals surface area contributed by atoms with Crippen LogP contribution in [0.4, 0.5) is 0 Å². The maximum Gasteiger partial charge on any atom is 0.251 e. The number of benzene rings is 1. The summed E-state index contributed by atoms with van der Waals surface area (Å²) >= 11 is 0.